The Balaban J connectivity index is 1.16. The first kappa shape index (κ1) is 87.3. The third-order valence-corrected chi connectivity index (χ3v) is 20.5. The predicted molar refractivity (Wildman–Crippen MR) is 382 cm³/mol. The van der Waals surface area contributed by atoms with Crippen LogP contribution in [0.5, 0.6) is 5.75 Å². The smallest absolute Gasteiger partial charge is 0.459 e. The zero-order valence-corrected chi connectivity index (χ0v) is 64.4. The number of phosphoric acid groups is 1. The molecule has 0 saturated carbocycles. The normalized spacial score (nSPS) is 18.3. The van der Waals surface area contributed by atoms with Crippen LogP contribution in [0.3, 0.4) is 0 Å². The molecule has 0 aliphatic carbocycles. The minimum atomic E-state index is -5.57. The molecule has 2 bridgehead atoms. The molecule has 6 N–H and O–H groups in total. The molecule has 3 aromatic carbocycles. The number of phosphoric ester groups is 1. The number of alkyl halides is 8. The minimum absolute atomic E-state index is 0.0546. The number of likely N-dealkylation sites (tertiary alicyclic amines) is 1. The van der Waals surface area contributed by atoms with Gasteiger partial charge in [-0.05, 0) is 128 Å². The zero-order valence-electron chi connectivity index (χ0n) is 63.5. The molecule has 4 aliphatic rings. The fourth-order valence-electron chi connectivity index (χ4n) is 14.0. The standard InChI is InChI=1S/C74H89F10N12O16P/c1-69(2,3)111-64(101)54-15-13-26-94(54)57(97)31-44-14-12-16-55(112-113(104,105)106)59(44)70(4,5)32-58(98)110-56(38-93(91-63(100)61(89-68(103)108-11)72(8,9)74(82,83)84)37-49-50(75)29-45(30-51(49)76)52-25-27-95(90-52)65(77)78)53(87-62(99)60(88-67(102)107-10)71(6,7)73(79,80)81)28-42-20-17-41(18-21-42)19-22-43-33-85-66(86-34-43)92-35-46-23-24-47(36-92)96(46)48-39-109-40-48/h12,14,16-18,20-21,25,27,29-30,33-34,46-48,53-54,56,60-61,65H,13,15,23-24,26,28,31-32,35-40H2,1-11H3,(H,87,99)(H,88,102)(H,89,103)(H,91,100)(H2,104,105,106)/t46?,47?,53-,54-,56-,60+,61+/m0/s1. The first-order valence-electron chi connectivity index (χ1n) is 35.8. The van der Waals surface area contributed by atoms with Crippen molar-refractivity contribution in [3.63, 3.8) is 0 Å². The van der Waals surface area contributed by atoms with E-state index in [1.54, 1.807) is 26.1 Å². The second kappa shape index (κ2) is 35.0. The van der Waals surface area contributed by atoms with Crippen LogP contribution in [0.4, 0.5) is 59.4 Å². The van der Waals surface area contributed by atoms with Crippen molar-refractivity contribution in [1.82, 2.24) is 55.9 Å². The molecule has 4 saturated heterocycles. The van der Waals surface area contributed by atoms with Gasteiger partial charge in [-0.25, -0.2) is 47.4 Å². The van der Waals surface area contributed by atoms with E-state index in [2.05, 4.69) is 56.9 Å². The number of alkyl carbamates (subject to hydrolysis) is 2. The van der Waals surface area contributed by atoms with Crippen molar-refractivity contribution < 1.29 is 120 Å². The van der Waals surface area contributed by atoms with Crippen molar-refractivity contribution in [2.45, 2.75) is 192 Å². The Morgan fingerprint density at radius 1 is 0.743 bits per heavy atom. The Hall–Kier alpha value is -9.67. The fourth-order valence-corrected chi connectivity index (χ4v) is 14.4. The number of aromatic nitrogens is 4. The largest absolute Gasteiger partial charge is 0.524 e. The number of piperazine rings is 1. The van der Waals surface area contributed by atoms with Gasteiger partial charge in [0, 0.05) is 84.5 Å². The van der Waals surface area contributed by atoms with E-state index in [0.29, 0.717) is 113 Å². The van der Waals surface area contributed by atoms with Gasteiger partial charge in [-0.15, -0.1) is 0 Å². The Morgan fingerprint density at radius 3 is 1.84 bits per heavy atom. The van der Waals surface area contributed by atoms with E-state index < -0.39 is 187 Å². The summed E-state index contributed by atoms with van der Waals surface area (Å²) in [4.78, 5) is 135. The van der Waals surface area contributed by atoms with Crippen LogP contribution in [0.25, 0.3) is 11.3 Å². The summed E-state index contributed by atoms with van der Waals surface area (Å²) in [6.07, 6.45) is -12.3. The first-order valence-corrected chi connectivity index (χ1v) is 37.3. The predicted octanol–water partition coefficient (Wildman–Crippen LogP) is 9.28. The Morgan fingerprint density at radius 2 is 1.32 bits per heavy atom. The van der Waals surface area contributed by atoms with E-state index in [0.717, 1.165) is 45.4 Å². The van der Waals surface area contributed by atoms with Gasteiger partial charge in [-0.3, -0.25) is 39.3 Å². The molecule has 0 radical (unpaired) electrons. The number of halogens is 10. The van der Waals surface area contributed by atoms with Gasteiger partial charge in [0.15, 0.2) is 0 Å². The van der Waals surface area contributed by atoms with Crippen LogP contribution >= 0.6 is 7.82 Å². The van der Waals surface area contributed by atoms with Crippen molar-refractivity contribution >= 4 is 55.6 Å². The third-order valence-electron chi connectivity index (χ3n) is 20.1. The Kier molecular flexibility index (Phi) is 27.0. The number of anilines is 1. The van der Waals surface area contributed by atoms with Crippen molar-refractivity contribution in [3.8, 4) is 28.8 Å². The second-order valence-corrected chi connectivity index (χ2v) is 31.9. The summed E-state index contributed by atoms with van der Waals surface area (Å²) < 4.78 is 197. The van der Waals surface area contributed by atoms with Crippen LogP contribution < -0.4 is 30.8 Å². The van der Waals surface area contributed by atoms with Gasteiger partial charge in [0.05, 0.1) is 81.0 Å². The highest BCUT2D eigenvalue weighted by Crippen LogP contribution is 2.47. The molecule has 2 aromatic heterocycles. The van der Waals surface area contributed by atoms with Gasteiger partial charge >= 0.3 is 50.8 Å². The lowest BCUT2D eigenvalue weighted by molar-refractivity contribution is -0.221. The van der Waals surface area contributed by atoms with Crippen molar-refractivity contribution in [2.75, 3.05) is 58.5 Å². The quantitative estimate of drug-likeness (QED) is 0.00678. The molecule has 5 amide bonds. The molecule has 39 heteroatoms. The summed E-state index contributed by atoms with van der Waals surface area (Å²) in [6.45, 7) is 6.37. The first-order chi connectivity index (χ1) is 52.7. The maximum atomic E-state index is 16.9. The molecule has 4 aliphatic heterocycles. The highest BCUT2D eigenvalue weighted by molar-refractivity contribution is 7.46. The number of benzene rings is 3. The fraction of sp³-hybridized carbons (Fsp3) is 0.541. The number of fused-ring (bicyclic) bond motifs is 2. The Labute approximate surface area is 643 Å². The third kappa shape index (κ3) is 21.6. The highest BCUT2D eigenvalue weighted by atomic mass is 31.2. The number of hydrogen-bond donors (Lipinski definition) is 6. The number of carbonyl (C=O) groups excluding carboxylic acids is 7. The molecule has 113 heavy (non-hydrogen) atoms. The van der Waals surface area contributed by atoms with E-state index in [-0.39, 0.29) is 34.3 Å². The van der Waals surface area contributed by atoms with E-state index in [1.807, 2.05) is 5.32 Å². The molecular formula is C74H89F10N12O16P. The van der Waals surface area contributed by atoms with Crippen LogP contribution in [0.1, 0.15) is 134 Å². The molecule has 5 aromatic rings. The number of amides is 5. The van der Waals surface area contributed by atoms with E-state index in [4.69, 9.17) is 18.7 Å². The highest BCUT2D eigenvalue weighted by Gasteiger charge is 2.58. The molecule has 6 heterocycles. The van der Waals surface area contributed by atoms with Crippen LogP contribution in [0.2, 0.25) is 0 Å². The van der Waals surface area contributed by atoms with Gasteiger partial charge in [0.25, 0.3) is 5.91 Å². The molecule has 9 rings (SSSR count). The number of carbonyl (C=O) groups is 7. The number of methoxy groups -OCH3 is 2. The minimum Gasteiger partial charge on any atom is -0.459 e. The van der Waals surface area contributed by atoms with Crippen molar-refractivity contribution in [3.05, 3.63) is 124 Å². The lowest BCUT2D eigenvalue weighted by Crippen LogP contribution is -2.64. The maximum absolute atomic E-state index is 16.9. The molecule has 0 spiro atoms. The topological polar surface area (TPSA) is 337 Å². The molecule has 616 valence electrons. The van der Waals surface area contributed by atoms with E-state index in [1.165, 1.54) is 67.5 Å². The zero-order chi connectivity index (χ0) is 83.3. The van der Waals surface area contributed by atoms with E-state index >= 15 is 44.7 Å². The molecule has 2 unspecified atom stereocenters. The van der Waals surface area contributed by atoms with Crippen molar-refractivity contribution in [1.29, 1.82) is 0 Å². The average Bonchev–Trinajstić information content (AvgIpc) is 0.938. The number of esters is 2. The number of rotatable bonds is 28. The number of hydrogen-bond acceptors (Lipinski definition) is 20. The summed E-state index contributed by atoms with van der Waals surface area (Å²) in [5, 5.41) is 10.1. The van der Waals surface area contributed by atoms with Gasteiger partial charge < -0.3 is 54.0 Å². The SMILES string of the molecule is COC(=O)N[C@H](C(=O)N[C@@H](Cc1ccc(C#Cc2cnc(N3CC4CCC(C3)N4C3COC3)nc2)cc1)[C@H](CN(Cc1c(F)cc(-c2ccn(C(F)F)n2)cc1F)NC(=O)[C@@H](NC(=O)OC)C(C)(C)C(F)(F)F)OC(=O)CC(C)(C)c1c(CC(=O)N2CCC[C@H]2C(=O)OC(C)(C)C)cccc1OP(=O)(O)O)C(C)(C)C(F)(F)F. The second-order valence-electron chi connectivity index (χ2n) is 30.7. The lowest BCUT2D eigenvalue weighted by atomic mass is 9.77. The maximum Gasteiger partial charge on any atom is 0.524 e. The van der Waals surface area contributed by atoms with E-state index in [9.17, 15) is 47.1 Å². The summed E-state index contributed by atoms with van der Waals surface area (Å²) in [5.74, 6) is -3.73. The molecule has 4 fully saturated rings. The molecular weight excluding hydrogens is 1530 g/mol. The molecule has 28 nitrogen and oxygen atoms in total. The number of hydrazine groups is 1. The Bertz CT molecular complexity index is 4370. The monoisotopic (exact) mass is 1620 g/mol. The van der Waals surface area contributed by atoms with Gasteiger partial charge in [-0.1, -0.05) is 50.0 Å². The van der Waals surface area contributed by atoms with Crippen molar-refractivity contribution in [2.24, 2.45) is 10.8 Å². The summed E-state index contributed by atoms with van der Waals surface area (Å²) >= 11 is 0. The van der Waals surface area contributed by atoms with Gasteiger partial charge in [0.2, 0.25) is 17.8 Å². The summed E-state index contributed by atoms with van der Waals surface area (Å²) in [7, 11) is -4.08. The van der Waals surface area contributed by atoms with Crippen LogP contribution in [-0.4, -0.2) is 206 Å². The molecule has 7 atom stereocenters. The van der Waals surface area contributed by atoms with Crippen LogP contribution in [-0.2, 0) is 77.0 Å². The van der Waals surface area contributed by atoms with Gasteiger partial charge in [-0.2, -0.15) is 40.2 Å². The summed E-state index contributed by atoms with van der Waals surface area (Å²) in [5.41, 5.74) is -8.83. The lowest BCUT2D eigenvalue weighted by Gasteiger charge is -2.47. The van der Waals surface area contributed by atoms with Gasteiger partial charge in [0.1, 0.15) is 47.2 Å². The number of ether oxygens (including phenoxy) is 5. The number of nitrogens with zero attached hydrogens (tertiary/aromatic N) is 8. The van der Waals surface area contributed by atoms with Crippen LogP contribution in [0, 0.1) is 34.3 Å². The average molecular weight is 1620 g/mol. The van der Waals surface area contributed by atoms with Crippen LogP contribution in [0.15, 0.2) is 79.3 Å². The number of nitrogens with one attached hydrogen (secondary N) is 4. The summed E-state index contributed by atoms with van der Waals surface area (Å²) in [6, 6.07) is 3.90.